The van der Waals surface area contributed by atoms with E-state index in [1.54, 1.807) is 0 Å². The van der Waals surface area contributed by atoms with Gasteiger partial charge in [-0.25, -0.2) is 0 Å². The summed E-state index contributed by atoms with van der Waals surface area (Å²) in [5.41, 5.74) is 0. The van der Waals surface area contributed by atoms with Gasteiger partial charge in [-0.2, -0.15) is 0 Å². The van der Waals surface area contributed by atoms with Crippen molar-refractivity contribution in [3.05, 3.63) is 61.3 Å². The first-order valence-electron chi connectivity index (χ1n) is 7.58. The molecule has 0 N–H and O–H groups in total. The zero-order valence-corrected chi connectivity index (χ0v) is 12.6. The molecule has 0 atom stereocenters. The molecule has 0 heterocycles. The number of hydrogen-bond acceptors (Lipinski definition) is 0. The van der Waals surface area contributed by atoms with Crippen molar-refractivity contribution in [2.75, 3.05) is 0 Å². The van der Waals surface area contributed by atoms with Gasteiger partial charge in [0.15, 0.2) is 0 Å². The molecule has 0 fully saturated rings. The molecule has 0 unspecified atom stereocenters. The molecule has 0 spiro atoms. The first-order valence-corrected chi connectivity index (χ1v) is 7.58. The Morgan fingerprint density at radius 1 is 0.526 bits per heavy atom. The lowest BCUT2D eigenvalue weighted by Crippen LogP contribution is -1.69. The summed E-state index contributed by atoms with van der Waals surface area (Å²) in [6.45, 7) is 5.78. The van der Waals surface area contributed by atoms with E-state index in [0.717, 1.165) is 25.7 Å². The van der Waals surface area contributed by atoms with Crippen molar-refractivity contribution in [2.24, 2.45) is 0 Å². The molecular formula is C19H30. The highest BCUT2D eigenvalue weighted by atomic mass is 13.9. The van der Waals surface area contributed by atoms with Gasteiger partial charge in [0.2, 0.25) is 0 Å². The maximum atomic E-state index is 3.71. The lowest BCUT2D eigenvalue weighted by atomic mass is 10.2. The molecule has 0 bridgehead atoms. The molecule has 0 aliphatic heterocycles. The van der Waals surface area contributed by atoms with Crippen molar-refractivity contribution in [3.63, 3.8) is 0 Å². The quantitative estimate of drug-likeness (QED) is 0.275. The third-order valence-electron chi connectivity index (χ3n) is 2.77. The molecule has 0 aromatic carbocycles. The fourth-order valence-corrected chi connectivity index (χ4v) is 1.67. The summed E-state index contributed by atoms with van der Waals surface area (Å²) in [6.07, 6.45) is 29.2. The first kappa shape index (κ1) is 17.7. The van der Waals surface area contributed by atoms with Gasteiger partial charge in [-0.3, -0.25) is 0 Å². The van der Waals surface area contributed by atoms with Crippen LogP contribution in [-0.4, -0.2) is 0 Å². The second kappa shape index (κ2) is 16.7. The van der Waals surface area contributed by atoms with Crippen LogP contribution < -0.4 is 0 Å². The van der Waals surface area contributed by atoms with Gasteiger partial charge in [0.05, 0.1) is 0 Å². The average Bonchev–Trinajstić information content (AvgIpc) is 2.43. The van der Waals surface area contributed by atoms with Crippen molar-refractivity contribution in [3.8, 4) is 0 Å². The van der Waals surface area contributed by atoms with Crippen LogP contribution in [0.5, 0.6) is 0 Å². The highest BCUT2D eigenvalue weighted by Crippen LogP contribution is 2.00. The molecule has 0 rings (SSSR count). The zero-order chi connectivity index (χ0) is 14.0. The predicted molar refractivity (Wildman–Crippen MR) is 89.4 cm³/mol. The van der Waals surface area contributed by atoms with Crippen LogP contribution in [0.15, 0.2) is 61.3 Å². The predicted octanol–water partition coefficient (Wildman–Crippen LogP) is 6.54. The first-order chi connectivity index (χ1) is 9.41. The molecule has 0 aliphatic rings. The van der Waals surface area contributed by atoms with Gasteiger partial charge < -0.3 is 0 Å². The number of allylic oxidation sites excluding steroid dienone is 9. The van der Waals surface area contributed by atoms with Crippen LogP contribution in [0, 0.1) is 0 Å². The third kappa shape index (κ3) is 16.7. The molecule has 0 radical (unpaired) electrons. The molecule has 0 aromatic heterocycles. The maximum absolute atomic E-state index is 3.71. The SMILES string of the molecule is C=CCC/C=C/CC/C=C/CC/C=C/CC/C=C/C. The molecule has 0 saturated heterocycles. The van der Waals surface area contributed by atoms with E-state index >= 15 is 0 Å². The van der Waals surface area contributed by atoms with Gasteiger partial charge >= 0.3 is 0 Å². The zero-order valence-electron chi connectivity index (χ0n) is 12.6. The minimum Gasteiger partial charge on any atom is -0.103 e. The van der Waals surface area contributed by atoms with E-state index < -0.39 is 0 Å². The lowest BCUT2D eigenvalue weighted by Gasteiger charge is -1.90. The van der Waals surface area contributed by atoms with Crippen LogP contribution in [0.25, 0.3) is 0 Å². The summed E-state index contributed by atoms with van der Waals surface area (Å²) in [4.78, 5) is 0. The number of hydrogen-bond donors (Lipinski definition) is 0. The molecule has 0 nitrogen and oxygen atoms in total. The molecule has 106 valence electrons. The minimum absolute atomic E-state index is 1.09. The summed E-state index contributed by atoms with van der Waals surface area (Å²) in [7, 11) is 0. The number of unbranched alkanes of at least 4 members (excludes halogenated alkanes) is 4. The molecule has 0 aromatic rings. The van der Waals surface area contributed by atoms with Crippen LogP contribution in [0.1, 0.15) is 58.3 Å². The molecule has 0 saturated carbocycles. The smallest absolute Gasteiger partial charge is 0.0316 e. The summed E-state index contributed by atoms with van der Waals surface area (Å²) in [5, 5.41) is 0. The Kier molecular flexibility index (Phi) is 15.6. The van der Waals surface area contributed by atoms with E-state index in [2.05, 4.69) is 62.1 Å². The van der Waals surface area contributed by atoms with Gasteiger partial charge in [-0.1, -0.05) is 54.7 Å². The fraction of sp³-hybridized carbons (Fsp3) is 0.474. The van der Waals surface area contributed by atoms with E-state index in [9.17, 15) is 0 Å². The van der Waals surface area contributed by atoms with E-state index in [1.807, 2.05) is 6.08 Å². The lowest BCUT2D eigenvalue weighted by molar-refractivity contribution is 0.978. The molecule has 0 amide bonds. The minimum atomic E-state index is 1.09. The molecule has 0 heteroatoms. The van der Waals surface area contributed by atoms with Crippen molar-refractivity contribution < 1.29 is 0 Å². The highest BCUT2D eigenvalue weighted by molar-refractivity contribution is 4.92. The summed E-state index contributed by atoms with van der Waals surface area (Å²) >= 11 is 0. The van der Waals surface area contributed by atoms with Crippen LogP contribution in [-0.2, 0) is 0 Å². The van der Waals surface area contributed by atoms with Crippen LogP contribution in [0.3, 0.4) is 0 Å². The van der Waals surface area contributed by atoms with Crippen molar-refractivity contribution in [1.29, 1.82) is 0 Å². The van der Waals surface area contributed by atoms with Crippen LogP contribution in [0.4, 0.5) is 0 Å². The topological polar surface area (TPSA) is 0 Å². The molecule has 0 aliphatic carbocycles. The van der Waals surface area contributed by atoms with Crippen LogP contribution in [0.2, 0.25) is 0 Å². The van der Waals surface area contributed by atoms with Gasteiger partial charge in [-0.15, -0.1) is 6.58 Å². The van der Waals surface area contributed by atoms with E-state index in [0.29, 0.717) is 0 Å². The standard InChI is InChI=1S/C19H30/c1-3-5-7-9-11-13-15-17-19-18-16-14-12-10-8-6-4-2/h3-4,6,9,11-12,14,17,19H,1,5,7-8,10,13,15-16,18H2,2H3/b6-4+,11-9+,14-12+,19-17+. The summed E-state index contributed by atoms with van der Waals surface area (Å²) in [5.74, 6) is 0. The Labute approximate surface area is 120 Å². The van der Waals surface area contributed by atoms with E-state index in [-0.39, 0.29) is 0 Å². The van der Waals surface area contributed by atoms with Crippen LogP contribution >= 0.6 is 0 Å². The third-order valence-corrected chi connectivity index (χ3v) is 2.77. The van der Waals surface area contributed by atoms with E-state index in [4.69, 9.17) is 0 Å². The fourth-order valence-electron chi connectivity index (χ4n) is 1.67. The van der Waals surface area contributed by atoms with Crippen molar-refractivity contribution >= 4 is 0 Å². The Balaban J connectivity index is 3.29. The molecular weight excluding hydrogens is 228 g/mol. The van der Waals surface area contributed by atoms with Gasteiger partial charge in [0, 0.05) is 0 Å². The Bertz CT molecular complexity index is 289. The second-order valence-electron chi connectivity index (χ2n) is 4.58. The van der Waals surface area contributed by atoms with Gasteiger partial charge in [-0.05, 0) is 58.3 Å². The Morgan fingerprint density at radius 3 is 1.16 bits per heavy atom. The highest BCUT2D eigenvalue weighted by Gasteiger charge is 1.80. The summed E-state index contributed by atoms with van der Waals surface area (Å²) < 4.78 is 0. The Hall–Kier alpha value is -1.30. The largest absolute Gasteiger partial charge is 0.103 e. The normalized spacial score (nSPS) is 12.5. The molecule has 19 heavy (non-hydrogen) atoms. The second-order valence-corrected chi connectivity index (χ2v) is 4.58. The van der Waals surface area contributed by atoms with Gasteiger partial charge in [0.1, 0.15) is 0 Å². The maximum Gasteiger partial charge on any atom is -0.0316 e. The van der Waals surface area contributed by atoms with E-state index in [1.165, 1.54) is 25.7 Å². The van der Waals surface area contributed by atoms with Gasteiger partial charge in [0.25, 0.3) is 0 Å². The number of rotatable bonds is 12. The summed E-state index contributed by atoms with van der Waals surface area (Å²) in [6, 6.07) is 0. The van der Waals surface area contributed by atoms with Crippen molar-refractivity contribution in [2.45, 2.75) is 58.3 Å². The average molecular weight is 258 g/mol. The Morgan fingerprint density at radius 2 is 0.842 bits per heavy atom. The monoisotopic (exact) mass is 258 g/mol. The van der Waals surface area contributed by atoms with Crippen molar-refractivity contribution in [1.82, 2.24) is 0 Å².